The molecule has 1 amide bonds. The molecule has 1 aliphatic rings. The van der Waals surface area contributed by atoms with Crippen molar-refractivity contribution in [2.24, 2.45) is 5.92 Å². The van der Waals surface area contributed by atoms with Crippen molar-refractivity contribution in [1.82, 2.24) is 4.90 Å². The fraction of sp³-hybridized carbons (Fsp3) is 0.385. The number of benzene rings is 1. The van der Waals surface area contributed by atoms with Gasteiger partial charge in [0.05, 0.1) is 5.56 Å². The number of likely N-dealkylation sites (tertiary alicyclic amines) is 1. The van der Waals surface area contributed by atoms with Crippen LogP contribution >= 0.6 is 0 Å². The van der Waals surface area contributed by atoms with Gasteiger partial charge in [0.1, 0.15) is 5.92 Å². The van der Waals surface area contributed by atoms with E-state index in [1.165, 1.54) is 24.1 Å². The van der Waals surface area contributed by atoms with Gasteiger partial charge in [-0.2, -0.15) is 13.2 Å². The lowest BCUT2D eigenvalue weighted by molar-refractivity contribution is -0.147. The van der Waals surface area contributed by atoms with Gasteiger partial charge < -0.3 is 10.0 Å². The minimum absolute atomic E-state index is 0.0944. The molecule has 108 valence electrons. The van der Waals surface area contributed by atoms with Crippen LogP contribution in [0.1, 0.15) is 17.0 Å². The van der Waals surface area contributed by atoms with Gasteiger partial charge in [0.15, 0.2) is 0 Å². The number of carbonyl (C=O) groups excluding carboxylic acids is 1. The summed E-state index contributed by atoms with van der Waals surface area (Å²) >= 11 is 0. The Morgan fingerprint density at radius 1 is 1.40 bits per heavy atom. The van der Waals surface area contributed by atoms with Crippen LogP contribution in [0.5, 0.6) is 0 Å². The molecule has 1 saturated heterocycles. The number of carboxylic acid groups (broad SMARTS) is 1. The summed E-state index contributed by atoms with van der Waals surface area (Å²) in [6.45, 7) is 0.0944. The van der Waals surface area contributed by atoms with Crippen LogP contribution in [0.25, 0.3) is 0 Å². The molecule has 0 aliphatic carbocycles. The van der Waals surface area contributed by atoms with E-state index in [1.54, 1.807) is 0 Å². The van der Waals surface area contributed by atoms with Gasteiger partial charge in [0.2, 0.25) is 5.91 Å². The van der Waals surface area contributed by atoms with Crippen LogP contribution in [0.4, 0.5) is 13.2 Å². The van der Waals surface area contributed by atoms with E-state index in [-0.39, 0.29) is 12.1 Å². The van der Waals surface area contributed by atoms with Crippen molar-refractivity contribution in [2.75, 3.05) is 13.6 Å². The predicted molar refractivity (Wildman–Crippen MR) is 62.9 cm³/mol. The molecule has 20 heavy (non-hydrogen) atoms. The summed E-state index contributed by atoms with van der Waals surface area (Å²) in [5, 5.41) is 9.09. The lowest BCUT2D eigenvalue weighted by Gasteiger charge is -2.15. The first-order valence-electron chi connectivity index (χ1n) is 5.86. The molecule has 1 N–H and O–H groups in total. The number of carbonyl (C=O) groups is 2. The molecular formula is C13H12F3NO3. The maximum atomic E-state index is 12.7. The molecule has 1 aromatic rings. The Balaban J connectivity index is 2.41. The molecule has 0 spiro atoms. The molecule has 2 rings (SSSR count). The molecule has 2 atom stereocenters. The number of rotatable bonds is 2. The average Bonchev–Trinajstić information content (AvgIpc) is 2.65. The van der Waals surface area contributed by atoms with E-state index in [0.29, 0.717) is 0 Å². The number of hydrogen-bond donors (Lipinski definition) is 1. The summed E-state index contributed by atoms with van der Waals surface area (Å²) in [7, 11) is 1.44. The molecule has 1 fully saturated rings. The quantitative estimate of drug-likeness (QED) is 0.846. The van der Waals surface area contributed by atoms with Crippen LogP contribution in [0.3, 0.4) is 0 Å². The van der Waals surface area contributed by atoms with Crippen molar-refractivity contribution in [3.05, 3.63) is 35.4 Å². The number of likely N-dealkylation sites (N-methyl/N-ethyl adjacent to an activating group) is 1. The van der Waals surface area contributed by atoms with Crippen molar-refractivity contribution in [1.29, 1.82) is 0 Å². The molecule has 1 heterocycles. The van der Waals surface area contributed by atoms with E-state index in [2.05, 4.69) is 0 Å². The fourth-order valence-corrected chi connectivity index (χ4v) is 2.42. The maximum Gasteiger partial charge on any atom is 0.416 e. The Hall–Kier alpha value is -2.05. The smallest absolute Gasteiger partial charge is 0.416 e. The highest BCUT2D eigenvalue weighted by molar-refractivity contribution is 5.99. The number of carboxylic acids is 1. The summed E-state index contributed by atoms with van der Waals surface area (Å²) in [4.78, 5) is 24.1. The number of hydrogen-bond acceptors (Lipinski definition) is 2. The number of halogens is 3. The van der Waals surface area contributed by atoms with Crippen molar-refractivity contribution in [3.63, 3.8) is 0 Å². The molecule has 1 aromatic carbocycles. The summed E-state index contributed by atoms with van der Waals surface area (Å²) in [5.74, 6) is -4.00. The van der Waals surface area contributed by atoms with Gasteiger partial charge in [-0.05, 0) is 11.6 Å². The molecule has 2 unspecified atom stereocenters. The van der Waals surface area contributed by atoms with Crippen molar-refractivity contribution >= 4 is 11.9 Å². The second-order valence-corrected chi connectivity index (χ2v) is 4.76. The molecular weight excluding hydrogens is 275 g/mol. The van der Waals surface area contributed by atoms with E-state index in [0.717, 1.165) is 12.1 Å². The minimum Gasteiger partial charge on any atom is -0.481 e. The van der Waals surface area contributed by atoms with E-state index in [4.69, 9.17) is 5.11 Å². The summed E-state index contributed by atoms with van der Waals surface area (Å²) < 4.78 is 38.0. The SMILES string of the molecule is CN1CC(c2cccc(C(F)(F)F)c2)C(C(=O)O)C1=O. The van der Waals surface area contributed by atoms with Crippen LogP contribution < -0.4 is 0 Å². The molecule has 0 bridgehead atoms. The Labute approximate surface area is 112 Å². The van der Waals surface area contributed by atoms with Gasteiger partial charge in [-0.3, -0.25) is 9.59 Å². The van der Waals surface area contributed by atoms with Crippen molar-refractivity contribution in [3.8, 4) is 0 Å². The first-order valence-corrected chi connectivity index (χ1v) is 5.86. The van der Waals surface area contributed by atoms with E-state index >= 15 is 0 Å². The highest BCUT2D eigenvalue weighted by Crippen LogP contribution is 2.36. The van der Waals surface area contributed by atoms with Crippen LogP contribution in [0.2, 0.25) is 0 Å². The van der Waals surface area contributed by atoms with E-state index in [9.17, 15) is 22.8 Å². The largest absolute Gasteiger partial charge is 0.481 e. The first-order chi connectivity index (χ1) is 9.21. The van der Waals surface area contributed by atoms with Crippen LogP contribution in [0.15, 0.2) is 24.3 Å². The second-order valence-electron chi connectivity index (χ2n) is 4.76. The van der Waals surface area contributed by atoms with Crippen molar-refractivity contribution < 1.29 is 27.9 Å². The molecule has 7 heteroatoms. The third-order valence-corrected chi connectivity index (χ3v) is 3.42. The topological polar surface area (TPSA) is 57.6 Å². The molecule has 0 saturated carbocycles. The highest BCUT2D eigenvalue weighted by atomic mass is 19.4. The zero-order valence-electron chi connectivity index (χ0n) is 10.5. The lowest BCUT2D eigenvalue weighted by Crippen LogP contribution is -2.28. The Bertz CT molecular complexity index is 556. The van der Waals surface area contributed by atoms with Crippen molar-refractivity contribution in [2.45, 2.75) is 12.1 Å². The summed E-state index contributed by atoms with van der Waals surface area (Å²) in [6, 6.07) is 4.47. The first kappa shape index (κ1) is 14.4. The number of alkyl halides is 3. The lowest BCUT2D eigenvalue weighted by atomic mass is 9.88. The molecule has 1 aliphatic heterocycles. The standard InChI is InChI=1S/C13H12F3NO3/c1-17-6-9(10(11(17)18)12(19)20)7-3-2-4-8(5-7)13(14,15)16/h2-5,9-10H,6H2,1H3,(H,19,20). The van der Waals surface area contributed by atoms with Gasteiger partial charge in [0.25, 0.3) is 0 Å². The molecule has 0 radical (unpaired) electrons. The number of nitrogens with zero attached hydrogens (tertiary/aromatic N) is 1. The molecule has 4 nitrogen and oxygen atoms in total. The predicted octanol–water partition coefficient (Wildman–Crippen LogP) is 1.96. The Morgan fingerprint density at radius 3 is 2.60 bits per heavy atom. The van der Waals surface area contributed by atoms with Gasteiger partial charge >= 0.3 is 12.1 Å². The van der Waals surface area contributed by atoms with Crippen LogP contribution in [-0.2, 0) is 15.8 Å². The summed E-state index contributed by atoms with van der Waals surface area (Å²) in [5.41, 5.74) is -0.633. The third-order valence-electron chi connectivity index (χ3n) is 3.42. The average molecular weight is 287 g/mol. The Kier molecular flexibility index (Phi) is 3.45. The monoisotopic (exact) mass is 287 g/mol. The number of amides is 1. The molecule has 0 aromatic heterocycles. The fourth-order valence-electron chi connectivity index (χ4n) is 2.42. The normalized spacial score (nSPS) is 23.2. The maximum absolute atomic E-state index is 12.7. The summed E-state index contributed by atoms with van der Waals surface area (Å²) in [6.07, 6.45) is -4.50. The van der Waals surface area contributed by atoms with Gasteiger partial charge in [-0.15, -0.1) is 0 Å². The third kappa shape index (κ3) is 2.48. The van der Waals surface area contributed by atoms with Crippen LogP contribution in [-0.4, -0.2) is 35.5 Å². The minimum atomic E-state index is -4.50. The van der Waals surface area contributed by atoms with Gasteiger partial charge in [-0.25, -0.2) is 0 Å². The zero-order valence-corrected chi connectivity index (χ0v) is 10.5. The van der Waals surface area contributed by atoms with Gasteiger partial charge in [0, 0.05) is 19.5 Å². The van der Waals surface area contributed by atoms with E-state index in [1.807, 2.05) is 0 Å². The van der Waals surface area contributed by atoms with E-state index < -0.39 is 35.5 Å². The Morgan fingerprint density at radius 2 is 2.05 bits per heavy atom. The number of aliphatic carboxylic acids is 1. The van der Waals surface area contributed by atoms with Crippen LogP contribution in [0, 0.1) is 5.92 Å². The second kappa shape index (κ2) is 4.81. The zero-order chi connectivity index (χ0) is 15.1. The van der Waals surface area contributed by atoms with Gasteiger partial charge in [-0.1, -0.05) is 18.2 Å². The highest BCUT2D eigenvalue weighted by Gasteiger charge is 2.44.